The number of pyridine rings is 1. The number of hydrogen-bond acceptors (Lipinski definition) is 4. The summed E-state index contributed by atoms with van der Waals surface area (Å²) in [4.78, 5) is 27.4. The van der Waals surface area contributed by atoms with Crippen LogP contribution in [-0.2, 0) is 7.05 Å². The summed E-state index contributed by atoms with van der Waals surface area (Å²) in [5, 5.41) is 16.3. The largest absolute Gasteiger partial charge is 0.478 e. The first-order valence-corrected chi connectivity index (χ1v) is 7.35. The van der Waals surface area contributed by atoms with E-state index < -0.39 is 11.9 Å². The van der Waals surface area contributed by atoms with E-state index in [1.54, 1.807) is 4.68 Å². The fraction of sp³-hybridized carbons (Fsp3) is 0.375. The molecule has 1 atom stereocenters. The number of carboxylic acids is 1. The lowest BCUT2D eigenvalue weighted by atomic mass is 10.0. The Kier molecular flexibility index (Phi) is 4.78. The van der Waals surface area contributed by atoms with Crippen LogP contribution in [0, 0.1) is 13.8 Å². The molecule has 0 aliphatic heterocycles. The van der Waals surface area contributed by atoms with Gasteiger partial charge >= 0.3 is 5.97 Å². The van der Waals surface area contributed by atoms with Gasteiger partial charge in [0.05, 0.1) is 17.3 Å². The van der Waals surface area contributed by atoms with Crippen molar-refractivity contribution in [1.82, 2.24) is 20.1 Å². The molecule has 7 heteroatoms. The van der Waals surface area contributed by atoms with Crippen LogP contribution in [0.25, 0.3) is 0 Å². The van der Waals surface area contributed by atoms with Crippen LogP contribution in [0.2, 0.25) is 0 Å². The highest BCUT2D eigenvalue weighted by Gasteiger charge is 2.22. The Morgan fingerprint density at radius 1 is 1.39 bits per heavy atom. The van der Waals surface area contributed by atoms with E-state index >= 15 is 0 Å². The maximum atomic E-state index is 12.4. The number of carbonyl (C=O) groups excluding carboxylic acids is 1. The average molecular weight is 316 g/mol. The van der Waals surface area contributed by atoms with Gasteiger partial charge in [0, 0.05) is 24.5 Å². The van der Waals surface area contributed by atoms with Crippen molar-refractivity contribution in [3.63, 3.8) is 0 Å². The highest BCUT2D eigenvalue weighted by atomic mass is 16.4. The molecule has 2 N–H and O–H groups in total. The van der Waals surface area contributed by atoms with Crippen LogP contribution in [0.5, 0.6) is 0 Å². The van der Waals surface area contributed by atoms with Crippen molar-refractivity contribution in [3.05, 3.63) is 46.5 Å². The highest BCUT2D eigenvalue weighted by molar-refractivity contribution is 5.96. The van der Waals surface area contributed by atoms with Gasteiger partial charge in [-0.3, -0.25) is 14.5 Å². The third-order valence-corrected chi connectivity index (χ3v) is 3.87. The molecule has 0 fully saturated rings. The molecule has 0 saturated carbocycles. The summed E-state index contributed by atoms with van der Waals surface area (Å²) >= 11 is 0. The first-order valence-electron chi connectivity index (χ1n) is 7.35. The molecule has 7 nitrogen and oxygen atoms in total. The number of hydrogen-bond donors (Lipinski definition) is 2. The minimum atomic E-state index is -1.09. The fourth-order valence-corrected chi connectivity index (χ4v) is 2.59. The Balaban J connectivity index is 2.27. The van der Waals surface area contributed by atoms with E-state index in [0.29, 0.717) is 6.42 Å². The van der Waals surface area contributed by atoms with Gasteiger partial charge < -0.3 is 10.4 Å². The Morgan fingerprint density at radius 2 is 2.09 bits per heavy atom. The van der Waals surface area contributed by atoms with Crippen molar-refractivity contribution >= 4 is 11.9 Å². The van der Waals surface area contributed by atoms with E-state index in [1.165, 1.54) is 18.3 Å². The van der Waals surface area contributed by atoms with Crippen LogP contribution in [0.15, 0.2) is 18.3 Å². The predicted molar refractivity (Wildman–Crippen MR) is 84.4 cm³/mol. The summed E-state index contributed by atoms with van der Waals surface area (Å²) in [6, 6.07) is 2.42. The van der Waals surface area contributed by atoms with Gasteiger partial charge in [0.25, 0.3) is 5.91 Å². The number of aryl methyl sites for hydroxylation is 2. The molecule has 1 amide bonds. The molecule has 0 aliphatic rings. The van der Waals surface area contributed by atoms with Gasteiger partial charge in [0.1, 0.15) is 5.69 Å². The topological polar surface area (TPSA) is 97.1 Å². The van der Waals surface area contributed by atoms with Gasteiger partial charge in [-0.2, -0.15) is 5.10 Å². The Labute approximate surface area is 134 Å². The summed E-state index contributed by atoms with van der Waals surface area (Å²) in [5.74, 6) is -1.49. The van der Waals surface area contributed by atoms with Crippen LogP contribution in [0.4, 0.5) is 0 Å². The molecule has 0 bridgehead atoms. The van der Waals surface area contributed by atoms with Crippen LogP contribution in [-0.4, -0.2) is 31.7 Å². The number of nitrogens with zero attached hydrogens (tertiary/aromatic N) is 3. The van der Waals surface area contributed by atoms with Gasteiger partial charge in [-0.15, -0.1) is 0 Å². The molecule has 1 unspecified atom stereocenters. The first kappa shape index (κ1) is 16.7. The molecule has 0 spiro atoms. The molecule has 0 radical (unpaired) electrons. The lowest BCUT2D eigenvalue weighted by Crippen LogP contribution is -2.29. The molecule has 0 saturated heterocycles. The number of carbonyl (C=O) groups is 2. The molecule has 2 heterocycles. The zero-order valence-corrected chi connectivity index (χ0v) is 13.6. The maximum absolute atomic E-state index is 12.4. The Morgan fingerprint density at radius 3 is 2.61 bits per heavy atom. The number of rotatable bonds is 5. The second-order valence-corrected chi connectivity index (χ2v) is 5.38. The van der Waals surface area contributed by atoms with Crippen molar-refractivity contribution in [2.75, 3.05) is 0 Å². The van der Waals surface area contributed by atoms with E-state index in [1.807, 2.05) is 27.8 Å². The maximum Gasteiger partial charge on any atom is 0.335 e. The van der Waals surface area contributed by atoms with Crippen molar-refractivity contribution < 1.29 is 14.7 Å². The van der Waals surface area contributed by atoms with E-state index in [-0.39, 0.29) is 17.3 Å². The molecular formula is C16H20N4O3. The van der Waals surface area contributed by atoms with E-state index in [2.05, 4.69) is 15.4 Å². The number of aromatic carboxylic acids is 1. The summed E-state index contributed by atoms with van der Waals surface area (Å²) < 4.78 is 1.78. The highest BCUT2D eigenvalue weighted by Crippen LogP contribution is 2.24. The Hall–Kier alpha value is -2.70. The lowest BCUT2D eigenvalue weighted by Gasteiger charge is -2.17. The SMILES string of the molecule is CCC(NC(=O)c1cc(C(=O)O)ccn1)c1c(C)nn(C)c1C. The van der Waals surface area contributed by atoms with Crippen LogP contribution >= 0.6 is 0 Å². The zero-order valence-electron chi connectivity index (χ0n) is 13.6. The first-order chi connectivity index (χ1) is 10.8. The van der Waals surface area contributed by atoms with Crippen molar-refractivity contribution in [3.8, 4) is 0 Å². The number of nitrogens with one attached hydrogen (secondary N) is 1. The second kappa shape index (κ2) is 6.60. The average Bonchev–Trinajstić information content (AvgIpc) is 2.78. The van der Waals surface area contributed by atoms with Crippen LogP contribution in [0.1, 0.15) is 57.2 Å². The quantitative estimate of drug-likeness (QED) is 0.879. The monoisotopic (exact) mass is 316 g/mol. The summed E-state index contributed by atoms with van der Waals surface area (Å²) in [6.07, 6.45) is 2.01. The third-order valence-electron chi connectivity index (χ3n) is 3.87. The summed E-state index contributed by atoms with van der Waals surface area (Å²) in [5.41, 5.74) is 2.96. The molecule has 0 aliphatic carbocycles. The molecule has 2 aromatic heterocycles. The van der Waals surface area contributed by atoms with Crippen molar-refractivity contribution in [1.29, 1.82) is 0 Å². The van der Waals surface area contributed by atoms with Crippen molar-refractivity contribution in [2.24, 2.45) is 7.05 Å². The van der Waals surface area contributed by atoms with Crippen LogP contribution < -0.4 is 5.32 Å². The fourth-order valence-electron chi connectivity index (χ4n) is 2.59. The van der Waals surface area contributed by atoms with Gasteiger partial charge in [-0.25, -0.2) is 4.79 Å². The molecule has 23 heavy (non-hydrogen) atoms. The minimum absolute atomic E-state index is 0.0342. The van der Waals surface area contributed by atoms with E-state index in [0.717, 1.165) is 17.0 Å². The Bertz CT molecular complexity index is 752. The van der Waals surface area contributed by atoms with E-state index in [4.69, 9.17) is 5.11 Å². The summed E-state index contributed by atoms with van der Waals surface area (Å²) in [6.45, 7) is 5.83. The van der Waals surface area contributed by atoms with Gasteiger partial charge in [-0.1, -0.05) is 6.92 Å². The van der Waals surface area contributed by atoms with Gasteiger partial charge in [-0.05, 0) is 32.4 Å². The van der Waals surface area contributed by atoms with Gasteiger partial charge in [0.2, 0.25) is 0 Å². The van der Waals surface area contributed by atoms with Crippen LogP contribution in [0.3, 0.4) is 0 Å². The predicted octanol–water partition coefficient (Wildman–Crippen LogP) is 2.01. The van der Waals surface area contributed by atoms with Gasteiger partial charge in [0.15, 0.2) is 0 Å². The van der Waals surface area contributed by atoms with E-state index in [9.17, 15) is 9.59 Å². The zero-order chi connectivity index (χ0) is 17.1. The molecular weight excluding hydrogens is 296 g/mol. The summed E-state index contributed by atoms with van der Waals surface area (Å²) in [7, 11) is 1.86. The molecule has 122 valence electrons. The standard InChI is InChI=1S/C16H20N4O3/c1-5-12(14-9(2)19-20(4)10(14)3)18-15(21)13-8-11(16(22)23)6-7-17-13/h6-8,12H,5H2,1-4H3,(H,18,21)(H,22,23). The molecule has 0 aromatic carbocycles. The third kappa shape index (κ3) is 3.39. The molecule has 2 rings (SSSR count). The van der Waals surface area contributed by atoms with Crippen molar-refractivity contribution in [2.45, 2.75) is 33.2 Å². The smallest absolute Gasteiger partial charge is 0.335 e. The normalized spacial score (nSPS) is 12.0. The minimum Gasteiger partial charge on any atom is -0.478 e. The number of aromatic nitrogens is 3. The number of carboxylic acid groups (broad SMARTS) is 1. The lowest BCUT2D eigenvalue weighted by molar-refractivity contribution is 0.0696. The second-order valence-electron chi connectivity index (χ2n) is 5.38. The molecule has 2 aromatic rings. The number of amides is 1.